The van der Waals surface area contributed by atoms with Crippen molar-refractivity contribution in [3.8, 4) is 0 Å². The van der Waals surface area contributed by atoms with Gasteiger partial charge in [-0.05, 0) is 36.8 Å². The van der Waals surface area contributed by atoms with Crippen LogP contribution < -0.4 is 15.5 Å². The number of fused-ring (bicyclic) bond motifs is 1. The van der Waals surface area contributed by atoms with Crippen molar-refractivity contribution in [2.75, 3.05) is 45.7 Å². The van der Waals surface area contributed by atoms with Gasteiger partial charge >= 0.3 is 18.2 Å². The second kappa shape index (κ2) is 10.5. The zero-order valence-corrected chi connectivity index (χ0v) is 18.3. The van der Waals surface area contributed by atoms with Crippen molar-refractivity contribution in [3.05, 3.63) is 22.9 Å². The van der Waals surface area contributed by atoms with Gasteiger partial charge in [0.15, 0.2) is 0 Å². The van der Waals surface area contributed by atoms with Crippen LogP contribution in [0.1, 0.15) is 34.5 Å². The number of urea groups is 1. The fraction of sp³-hybridized carbons (Fsp3) is 0.600. The number of amides is 3. The van der Waals surface area contributed by atoms with Crippen LogP contribution >= 0.6 is 0 Å². The summed E-state index contributed by atoms with van der Waals surface area (Å²) < 4.78 is 31.7. The molecule has 1 fully saturated rings. The van der Waals surface area contributed by atoms with Gasteiger partial charge in [-0.2, -0.15) is 13.2 Å². The van der Waals surface area contributed by atoms with Gasteiger partial charge in [0.2, 0.25) is 0 Å². The van der Waals surface area contributed by atoms with Crippen molar-refractivity contribution < 1.29 is 32.7 Å². The molecule has 3 N–H and O–H groups in total. The second-order valence-corrected chi connectivity index (χ2v) is 7.86. The lowest BCUT2D eigenvalue weighted by Gasteiger charge is -2.19. The molecule has 1 aliphatic heterocycles. The molecule has 0 spiro atoms. The normalized spacial score (nSPS) is 15.5. The second-order valence-electron chi connectivity index (χ2n) is 7.86. The van der Waals surface area contributed by atoms with E-state index in [0.717, 1.165) is 17.8 Å². The van der Waals surface area contributed by atoms with E-state index in [1.807, 2.05) is 25.1 Å². The Hall–Kier alpha value is -3.05. The summed E-state index contributed by atoms with van der Waals surface area (Å²) in [6, 6.07) is 1.90. The first-order chi connectivity index (χ1) is 14.9. The molecule has 0 radical (unpaired) electrons. The fourth-order valence-electron chi connectivity index (χ4n) is 3.15. The summed E-state index contributed by atoms with van der Waals surface area (Å²) in [5, 5.41) is 12.8. The third-order valence-corrected chi connectivity index (χ3v) is 5.10. The first-order valence-corrected chi connectivity index (χ1v) is 10.2. The third kappa shape index (κ3) is 6.99. The highest BCUT2D eigenvalue weighted by atomic mass is 19.4. The highest BCUT2D eigenvalue weighted by molar-refractivity contribution is 5.99. The summed E-state index contributed by atoms with van der Waals surface area (Å²) in [5.41, 5.74) is 2.67. The summed E-state index contributed by atoms with van der Waals surface area (Å²) in [5.74, 6) is -1.48. The van der Waals surface area contributed by atoms with E-state index in [1.54, 1.807) is 11.9 Å². The maximum absolute atomic E-state index is 12.6. The van der Waals surface area contributed by atoms with Crippen LogP contribution in [0.25, 0.3) is 0 Å². The zero-order valence-electron chi connectivity index (χ0n) is 18.3. The number of nitrogens with zero attached hydrogens (tertiary/aromatic N) is 3. The Morgan fingerprint density at radius 2 is 1.81 bits per heavy atom. The smallest absolute Gasteiger partial charge is 0.475 e. The third-order valence-electron chi connectivity index (χ3n) is 5.10. The van der Waals surface area contributed by atoms with E-state index in [-0.39, 0.29) is 11.9 Å². The summed E-state index contributed by atoms with van der Waals surface area (Å²) in [6.45, 7) is 2.02. The minimum absolute atomic E-state index is 0.0571. The first kappa shape index (κ1) is 25.2. The van der Waals surface area contributed by atoms with Gasteiger partial charge in [-0.15, -0.1) is 0 Å². The number of nitrogens with one attached hydrogen (secondary N) is 2. The van der Waals surface area contributed by atoms with Crippen LogP contribution in [-0.4, -0.2) is 79.9 Å². The molecule has 3 amide bonds. The van der Waals surface area contributed by atoms with Crippen LogP contribution in [0.5, 0.6) is 0 Å². The molecule has 2 aliphatic rings. The summed E-state index contributed by atoms with van der Waals surface area (Å²) >= 11 is 0. The lowest BCUT2D eigenvalue weighted by atomic mass is 10.0. The molecule has 0 saturated heterocycles. The molecule has 1 saturated carbocycles. The molecule has 0 atom stereocenters. The van der Waals surface area contributed by atoms with E-state index in [0.29, 0.717) is 43.2 Å². The van der Waals surface area contributed by atoms with Crippen LogP contribution in [0.4, 0.5) is 23.8 Å². The van der Waals surface area contributed by atoms with Crippen LogP contribution in [0, 0.1) is 5.92 Å². The number of pyridine rings is 1. The number of aliphatic carboxylic acids is 1. The van der Waals surface area contributed by atoms with Crippen LogP contribution in [0.3, 0.4) is 0 Å². The zero-order chi connectivity index (χ0) is 24.1. The molecule has 12 heteroatoms. The molecule has 3 rings (SSSR count). The Balaban J connectivity index is 0.000000451. The standard InChI is InChI=1S/C18H27N5O2.C2HF3O2/c1-19-18(25)23-8-6-13-10-14(17(24)20-11-12-4-5-12)16(22(2)3)21-15(13)7-9-23;3-2(4,5)1(6)7/h10,12H,4-9,11H2,1-3H3,(H,19,25)(H,20,24);(H,6,7). The molecule has 1 aromatic heterocycles. The van der Waals surface area contributed by atoms with E-state index < -0.39 is 12.1 Å². The maximum Gasteiger partial charge on any atom is 0.490 e. The summed E-state index contributed by atoms with van der Waals surface area (Å²) in [6.07, 6.45) is -1.25. The number of hydrogen-bond donors (Lipinski definition) is 3. The number of halogens is 3. The van der Waals surface area contributed by atoms with E-state index in [9.17, 15) is 22.8 Å². The minimum atomic E-state index is -5.08. The van der Waals surface area contributed by atoms with Crippen molar-refractivity contribution in [1.82, 2.24) is 20.5 Å². The molecule has 32 heavy (non-hydrogen) atoms. The Labute approximate surface area is 184 Å². The van der Waals surface area contributed by atoms with Gasteiger partial charge in [-0.1, -0.05) is 0 Å². The molecule has 1 aliphatic carbocycles. The predicted molar refractivity (Wildman–Crippen MR) is 111 cm³/mol. The summed E-state index contributed by atoms with van der Waals surface area (Å²) in [7, 11) is 5.45. The minimum Gasteiger partial charge on any atom is -0.475 e. The monoisotopic (exact) mass is 459 g/mol. The Kier molecular flexibility index (Phi) is 8.28. The molecule has 2 heterocycles. The molecule has 0 bridgehead atoms. The molecule has 0 aromatic carbocycles. The molecular weight excluding hydrogens is 431 g/mol. The van der Waals surface area contributed by atoms with Crippen molar-refractivity contribution in [2.24, 2.45) is 5.92 Å². The van der Waals surface area contributed by atoms with Gasteiger partial charge in [-0.3, -0.25) is 4.79 Å². The molecular formula is C20H28F3N5O4. The number of carboxylic acid groups (broad SMARTS) is 1. The average molecular weight is 459 g/mol. The van der Waals surface area contributed by atoms with Crippen LogP contribution in [0.15, 0.2) is 6.07 Å². The van der Waals surface area contributed by atoms with Gasteiger partial charge in [0.05, 0.1) is 5.56 Å². The maximum atomic E-state index is 12.6. The topological polar surface area (TPSA) is 115 Å². The number of aromatic nitrogens is 1. The number of hydrogen-bond acceptors (Lipinski definition) is 5. The quantitative estimate of drug-likeness (QED) is 0.631. The van der Waals surface area contributed by atoms with Crippen molar-refractivity contribution >= 4 is 23.7 Å². The lowest BCUT2D eigenvalue weighted by molar-refractivity contribution is -0.192. The van der Waals surface area contributed by atoms with Gasteiger partial charge < -0.3 is 25.5 Å². The number of anilines is 1. The predicted octanol–water partition coefficient (Wildman–Crippen LogP) is 1.66. The number of rotatable bonds is 4. The van der Waals surface area contributed by atoms with Crippen molar-refractivity contribution in [1.29, 1.82) is 0 Å². The highest BCUT2D eigenvalue weighted by Gasteiger charge is 2.38. The van der Waals surface area contributed by atoms with Gasteiger partial charge in [0.1, 0.15) is 5.82 Å². The van der Waals surface area contributed by atoms with Crippen LogP contribution in [-0.2, 0) is 17.6 Å². The van der Waals surface area contributed by atoms with Gasteiger partial charge in [-0.25, -0.2) is 14.6 Å². The highest BCUT2D eigenvalue weighted by Crippen LogP contribution is 2.28. The molecule has 0 unspecified atom stereocenters. The first-order valence-electron chi connectivity index (χ1n) is 10.2. The van der Waals surface area contributed by atoms with E-state index in [2.05, 4.69) is 10.6 Å². The Morgan fingerprint density at radius 3 is 2.31 bits per heavy atom. The largest absolute Gasteiger partial charge is 0.490 e. The fourth-order valence-corrected chi connectivity index (χ4v) is 3.15. The summed E-state index contributed by atoms with van der Waals surface area (Å²) in [4.78, 5) is 41.9. The van der Waals surface area contributed by atoms with Crippen molar-refractivity contribution in [2.45, 2.75) is 31.9 Å². The van der Waals surface area contributed by atoms with E-state index in [4.69, 9.17) is 14.9 Å². The lowest BCUT2D eigenvalue weighted by Crippen LogP contribution is -2.39. The number of alkyl halides is 3. The average Bonchev–Trinajstić information content (AvgIpc) is 3.56. The van der Waals surface area contributed by atoms with E-state index >= 15 is 0 Å². The molecule has 1 aromatic rings. The van der Waals surface area contributed by atoms with Crippen molar-refractivity contribution in [3.63, 3.8) is 0 Å². The van der Waals surface area contributed by atoms with Crippen LogP contribution in [0.2, 0.25) is 0 Å². The van der Waals surface area contributed by atoms with Gasteiger partial charge in [0.25, 0.3) is 5.91 Å². The van der Waals surface area contributed by atoms with Gasteiger partial charge in [0, 0.05) is 52.9 Å². The SMILES string of the molecule is CNC(=O)N1CCc2cc(C(=O)NCC3CC3)c(N(C)C)nc2CC1.O=C(O)C(F)(F)F. The number of carbonyl (C=O) groups excluding carboxylic acids is 2. The number of carboxylic acids is 1. The Morgan fingerprint density at radius 1 is 1.22 bits per heavy atom. The molecule has 9 nitrogen and oxygen atoms in total. The Bertz CT molecular complexity index is 856. The van der Waals surface area contributed by atoms with E-state index in [1.165, 1.54) is 12.8 Å². The number of carbonyl (C=O) groups is 3. The molecule has 178 valence electrons.